The molecule has 1 aliphatic rings. The van der Waals surface area contributed by atoms with Crippen LogP contribution in [0, 0.1) is 6.92 Å². The zero-order chi connectivity index (χ0) is 17.2. The molecular weight excluding hydrogens is 294 g/mol. The number of primary amides is 1. The van der Waals surface area contributed by atoms with Crippen LogP contribution in [0.4, 0.5) is 4.79 Å². The molecule has 0 saturated carbocycles. The quantitative estimate of drug-likeness (QED) is 0.908. The fraction of sp³-hybridized carbons (Fsp3) is 0.588. The van der Waals surface area contributed by atoms with Crippen LogP contribution in [0.2, 0.25) is 0 Å². The maximum absolute atomic E-state index is 12.3. The van der Waals surface area contributed by atoms with Crippen molar-refractivity contribution in [1.29, 1.82) is 0 Å². The molecule has 1 aliphatic heterocycles. The maximum Gasteiger partial charge on any atom is 0.410 e. The lowest BCUT2D eigenvalue weighted by Gasteiger charge is -2.34. The Morgan fingerprint density at radius 2 is 2.04 bits per heavy atom. The van der Waals surface area contributed by atoms with Crippen molar-refractivity contribution in [3.05, 3.63) is 29.1 Å². The van der Waals surface area contributed by atoms with Gasteiger partial charge in [0.05, 0.1) is 11.3 Å². The van der Waals surface area contributed by atoms with Crippen LogP contribution in [0.1, 0.15) is 61.3 Å². The molecule has 6 nitrogen and oxygen atoms in total. The Hall–Kier alpha value is -2.11. The van der Waals surface area contributed by atoms with Crippen LogP contribution in [0.25, 0.3) is 0 Å². The minimum absolute atomic E-state index is 0.00123. The number of amides is 2. The number of aryl methyl sites for hydroxylation is 1. The number of carbonyl (C=O) groups is 2. The van der Waals surface area contributed by atoms with E-state index in [9.17, 15) is 9.59 Å². The minimum atomic E-state index is -0.524. The van der Waals surface area contributed by atoms with Crippen LogP contribution >= 0.6 is 0 Å². The normalized spacial score (nSPS) is 18.6. The van der Waals surface area contributed by atoms with Gasteiger partial charge >= 0.3 is 6.09 Å². The molecule has 6 heteroatoms. The van der Waals surface area contributed by atoms with E-state index >= 15 is 0 Å². The van der Waals surface area contributed by atoms with Gasteiger partial charge in [-0.15, -0.1) is 0 Å². The molecule has 0 radical (unpaired) electrons. The number of rotatable bonds is 2. The first-order valence-electron chi connectivity index (χ1n) is 7.92. The Kier molecular flexibility index (Phi) is 4.92. The maximum atomic E-state index is 12.3. The van der Waals surface area contributed by atoms with Crippen LogP contribution in [0.5, 0.6) is 0 Å². The predicted molar refractivity (Wildman–Crippen MR) is 87.3 cm³/mol. The number of nitrogens with zero attached hydrogens (tertiary/aromatic N) is 2. The third-order valence-electron chi connectivity index (χ3n) is 3.79. The third kappa shape index (κ3) is 4.43. The minimum Gasteiger partial charge on any atom is -0.444 e. The van der Waals surface area contributed by atoms with Gasteiger partial charge in [-0.1, -0.05) is 0 Å². The third-order valence-corrected chi connectivity index (χ3v) is 3.79. The summed E-state index contributed by atoms with van der Waals surface area (Å²) in [5, 5.41) is 0. The molecular formula is C17H25N3O3. The van der Waals surface area contributed by atoms with Crippen molar-refractivity contribution in [3.8, 4) is 0 Å². The largest absolute Gasteiger partial charge is 0.444 e. The van der Waals surface area contributed by atoms with Gasteiger partial charge in [0.1, 0.15) is 5.60 Å². The van der Waals surface area contributed by atoms with Crippen molar-refractivity contribution in [3.63, 3.8) is 0 Å². The highest BCUT2D eigenvalue weighted by molar-refractivity contribution is 5.94. The Balaban J connectivity index is 2.20. The van der Waals surface area contributed by atoms with Crippen LogP contribution < -0.4 is 5.73 Å². The summed E-state index contributed by atoms with van der Waals surface area (Å²) in [5.41, 5.74) is 6.90. The first kappa shape index (κ1) is 17.2. The second kappa shape index (κ2) is 6.56. The molecule has 1 saturated heterocycles. The first-order chi connectivity index (χ1) is 10.7. The van der Waals surface area contributed by atoms with Crippen LogP contribution in [0.15, 0.2) is 12.1 Å². The number of hydrogen-bond donors (Lipinski definition) is 1. The van der Waals surface area contributed by atoms with Crippen LogP contribution in [-0.4, -0.2) is 40.6 Å². The summed E-state index contributed by atoms with van der Waals surface area (Å²) in [6.07, 6.45) is 1.39. The highest BCUT2D eigenvalue weighted by Gasteiger charge is 2.30. The molecule has 126 valence electrons. The first-order valence-corrected chi connectivity index (χ1v) is 7.92. The molecule has 1 fully saturated rings. The van der Waals surface area contributed by atoms with Crippen molar-refractivity contribution in [1.82, 2.24) is 9.88 Å². The van der Waals surface area contributed by atoms with Gasteiger partial charge in [0, 0.05) is 24.7 Å². The SMILES string of the molecule is Cc1ccc(C(N)=O)c(C2CCCN(C(=O)OC(C)(C)C)C2)n1. The lowest BCUT2D eigenvalue weighted by atomic mass is 9.91. The van der Waals surface area contributed by atoms with Gasteiger partial charge in [-0.25, -0.2) is 4.79 Å². The number of pyridine rings is 1. The zero-order valence-corrected chi connectivity index (χ0v) is 14.3. The molecule has 1 aromatic rings. The van der Waals surface area contributed by atoms with Gasteiger partial charge in [0.15, 0.2) is 0 Å². The van der Waals surface area contributed by atoms with Crippen LogP contribution in [0.3, 0.4) is 0 Å². The summed E-state index contributed by atoms with van der Waals surface area (Å²) in [6.45, 7) is 8.57. The molecule has 1 atom stereocenters. The van der Waals surface area contributed by atoms with E-state index in [0.717, 1.165) is 18.5 Å². The van der Waals surface area contributed by atoms with Gasteiger partial charge in [0.25, 0.3) is 5.91 Å². The standard InChI is InChI=1S/C17H25N3O3/c1-11-7-8-13(15(18)21)14(19-11)12-6-5-9-20(10-12)16(22)23-17(2,3)4/h7-8,12H,5-6,9-10H2,1-4H3,(H2,18,21). The molecule has 0 spiro atoms. The van der Waals surface area contributed by atoms with Gasteiger partial charge in [-0.2, -0.15) is 0 Å². The lowest BCUT2D eigenvalue weighted by Crippen LogP contribution is -2.42. The number of piperidine rings is 1. The molecule has 0 aliphatic carbocycles. The van der Waals surface area contributed by atoms with E-state index in [-0.39, 0.29) is 12.0 Å². The zero-order valence-electron chi connectivity index (χ0n) is 14.3. The smallest absolute Gasteiger partial charge is 0.410 e. The molecule has 0 bridgehead atoms. The Morgan fingerprint density at radius 1 is 1.35 bits per heavy atom. The van der Waals surface area contributed by atoms with E-state index in [1.54, 1.807) is 17.0 Å². The average Bonchev–Trinajstić information content (AvgIpc) is 2.45. The summed E-state index contributed by atoms with van der Waals surface area (Å²) >= 11 is 0. The summed E-state index contributed by atoms with van der Waals surface area (Å²) < 4.78 is 5.44. The number of carbonyl (C=O) groups excluding carboxylic acids is 2. The fourth-order valence-corrected chi connectivity index (χ4v) is 2.79. The predicted octanol–water partition coefficient (Wildman–Crippen LogP) is 2.60. The van der Waals surface area contributed by atoms with Crippen molar-refractivity contribution in [2.75, 3.05) is 13.1 Å². The van der Waals surface area contributed by atoms with Gasteiger partial charge < -0.3 is 15.4 Å². The highest BCUT2D eigenvalue weighted by atomic mass is 16.6. The molecule has 2 heterocycles. The summed E-state index contributed by atoms with van der Waals surface area (Å²) in [4.78, 5) is 30.1. The van der Waals surface area contributed by atoms with E-state index in [1.165, 1.54) is 0 Å². The molecule has 1 aromatic heterocycles. The van der Waals surface area contributed by atoms with E-state index < -0.39 is 11.5 Å². The van der Waals surface area contributed by atoms with E-state index in [4.69, 9.17) is 10.5 Å². The Morgan fingerprint density at radius 3 is 2.65 bits per heavy atom. The van der Waals surface area contributed by atoms with E-state index in [2.05, 4.69) is 4.98 Å². The number of hydrogen-bond acceptors (Lipinski definition) is 4. The van der Waals surface area contributed by atoms with Gasteiger partial charge in [-0.05, 0) is 52.7 Å². The average molecular weight is 319 g/mol. The number of likely N-dealkylation sites (tertiary alicyclic amines) is 1. The Labute approximate surface area is 137 Å². The number of nitrogens with two attached hydrogens (primary N) is 1. The lowest BCUT2D eigenvalue weighted by molar-refractivity contribution is 0.0197. The fourth-order valence-electron chi connectivity index (χ4n) is 2.79. The molecule has 23 heavy (non-hydrogen) atoms. The molecule has 0 aromatic carbocycles. The van der Waals surface area contributed by atoms with E-state index in [1.807, 2.05) is 27.7 Å². The van der Waals surface area contributed by atoms with E-state index in [0.29, 0.717) is 24.3 Å². The number of ether oxygens (including phenoxy) is 1. The second-order valence-corrected chi connectivity index (χ2v) is 7.02. The van der Waals surface area contributed by atoms with Gasteiger partial charge in [0.2, 0.25) is 0 Å². The number of aromatic nitrogens is 1. The summed E-state index contributed by atoms with van der Waals surface area (Å²) in [6, 6.07) is 3.49. The van der Waals surface area contributed by atoms with Crippen molar-refractivity contribution < 1.29 is 14.3 Å². The molecule has 2 rings (SSSR count). The topological polar surface area (TPSA) is 85.5 Å². The van der Waals surface area contributed by atoms with Crippen molar-refractivity contribution >= 4 is 12.0 Å². The molecule has 1 unspecified atom stereocenters. The molecule has 2 N–H and O–H groups in total. The van der Waals surface area contributed by atoms with Crippen molar-refractivity contribution in [2.45, 2.75) is 52.1 Å². The monoisotopic (exact) mass is 319 g/mol. The summed E-state index contributed by atoms with van der Waals surface area (Å²) in [5.74, 6) is -0.486. The highest BCUT2D eigenvalue weighted by Crippen LogP contribution is 2.29. The van der Waals surface area contributed by atoms with Gasteiger partial charge in [-0.3, -0.25) is 9.78 Å². The molecule has 2 amide bonds. The van der Waals surface area contributed by atoms with Crippen LogP contribution in [-0.2, 0) is 4.74 Å². The Bertz CT molecular complexity index is 608. The van der Waals surface area contributed by atoms with Crippen molar-refractivity contribution in [2.24, 2.45) is 5.73 Å². The summed E-state index contributed by atoms with van der Waals surface area (Å²) in [7, 11) is 0. The second-order valence-electron chi connectivity index (χ2n) is 7.02.